The smallest absolute Gasteiger partial charge is 0.410 e. The molecule has 6 N–H and O–H groups in total. The van der Waals surface area contributed by atoms with E-state index in [2.05, 4.69) is 43.6 Å². The minimum absolute atomic E-state index is 0.0152. The number of ether oxygens (including phenoxy) is 1. The van der Waals surface area contributed by atoms with E-state index in [1.165, 1.54) is 47.5 Å². The molecule has 2 aromatic heterocycles. The lowest BCUT2D eigenvalue weighted by Crippen LogP contribution is -2.53. The van der Waals surface area contributed by atoms with Crippen molar-refractivity contribution in [2.24, 2.45) is 5.92 Å². The lowest BCUT2D eigenvalue weighted by molar-refractivity contribution is -0.172. The highest BCUT2D eigenvalue weighted by Gasteiger charge is 2.34. The fourth-order valence-electron chi connectivity index (χ4n) is 8.64. The first-order valence-corrected chi connectivity index (χ1v) is 27.2. The molecule has 22 nitrogen and oxygen atoms in total. The highest BCUT2D eigenvalue weighted by Crippen LogP contribution is 2.36. The van der Waals surface area contributed by atoms with Crippen molar-refractivity contribution in [3.63, 3.8) is 0 Å². The second kappa shape index (κ2) is 26.2. The molecule has 0 aliphatic carbocycles. The predicted octanol–water partition coefficient (Wildman–Crippen LogP) is 8.12. The predicted molar refractivity (Wildman–Crippen MR) is 302 cm³/mol. The van der Waals surface area contributed by atoms with E-state index in [0.717, 1.165) is 11.6 Å². The summed E-state index contributed by atoms with van der Waals surface area (Å²) in [7, 11) is 0. The van der Waals surface area contributed by atoms with Crippen LogP contribution in [0.2, 0.25) is 0 Å². The molecule has 0 bridgehead atoms. The number of aromatic nitrogens is 3. The fraction of sp³-hybridized carbons (Fsp3) is 0.293. The molecule has 8 amide bonds. The Morgan fingerprint density at radius 1 is 0.744 bits per heavy atom. The van der Waals surface area contributed by atoms with Crippen molar-refractivity contribution >= 4 is 99.4 Å². The molecule has 24 heteroatoms. The van der Waals surface area contributed by atoms with Gasteiger partial charge in [0.05, 0.1) is 11.8 Å². The molecule has 8 rings (SSSR count). The number of hydrogen-bond donors (Lipinski definition) is 6. The van der Waals surface area contributed by atoms with Gasteiger partial charge in [0.1, 0.15) is 23.7 Å². The maximum Gasteiger partial charge on any atom is 0.410 e. The van der Waals surface area contributed by atoms with Gasteiger partial charge < -0.3 is 46.4 Å². The van der Waals surface area contributed by atoms with E-state index in [9.17, 15) is 43.2 Å². The van der Waals surface area contributed by atoms with Crippen LogP contribution < -0.4 is 31.9 Å². The van der Waals surface area contributed by atoms with Crippen LogP contribution in [-0.4, -0.2) is 108 Å². The Morgan fingerprint density at radius 2 is 1.35 bits per heavy atom. The van der Waals surface area contributed by atoms with Crippen LogP contribution in [0.5, 0.6) is 0 Å². The summed E-state index contributed by atoms with van der Waals surface area (Å²) in [5, 5.41) is 21.7. The van der Waals surface area contributed by atoms with Crippen LogP contribution in [0.4, 0.5) is 37.8 Å². The summed E-state index contributed by atoms with van der Waals surface area (Å²) in [6.07, 6.45) is 3.25. The first kappa shape index (κ1) is 58.7. The number of hydroxylamine groups is 2. The molecule has 0 radical (unpaired) electrons. The van der Waals surface area contributed by atoms with Crippen LogP contribution in [-0.2, 0) is 40.2 Å². The number of nitrogens with zero attached hydrogens (tertiary/aromatic N) is 5. The van der Waals surface area contributed by atoms with Gasteiger partial charge in [-0.25, -0.2) is 14.6 Å². The zero-order valence-electron chi connectivity index (χ0n) is 45.4. The molecule has 0 spiro atoms. The van der Waals surface area contributed by atoms with Crippen molar-refractivity contribution in [3.05, 3.63) is 150 Å². The molecule has 6 aromatic rings. The number of halogens is 1. The van der Waals surface area contributed by atoms with E-state index in [-0.39, 0.29) is 58.5 Å². The van der Waals surface area contributed by atoms with E-state index in [1.54, 1.807) is 97.7 Å². The van der Waals surface area contributed by atoms with Gasteiger partial charge in [0.15, 0.2) is 17.3 Å². The van der Waals surface area contributed by atoms with Gasteiger partial charge in [-0.1, -0.05) is 64.2 Å². The summed E-state index contributed by atoms with van der Waals surface area (Å²) < 4.78 is 23.8. The molecule has 0 unspecified atom stereocenters. The van der Waals surface area contributed by atoms with Gasteiger partial charge in [0.2, 0.25) is 17.7 Å². The number of nitrogens with one attached hydrogen (secondary N) is 6. The zero-order chi connectivity index (χ0) is 58.8. The normalized spacial score (nSPS) is 14.2. The van der Waals surface area contributed by atoms with E-state index < -0.39 is 71.3 Å². The average Bonchev–Trinajstić information content (AvgIpc) is 3.71. The summed E-state index contributed by atoms with van der Waals surface area (Å²) in [5.41, 5.74) is 4.24. The number of thioether (sulfide) groups is 1. The van der Waals surface area contributed by atoms with Crippen LogP contribution >= 0.6 is 11.8 Å². The highest BCUT2D eigenvalue weighted by atomic mass is 32.2. The molecule has 2 fully saturated rings. The molecule has 82 heavy (non-hydrogen) atoms. The summed E-state index contributed by atoms with van der Waals surface area (Å²) in [6.45, 7) is 13.0. The highest BCUT2D eigenvalue weighted by molar-refractivity contribution is 7.99. The van der Waals surface area contributed by atoms with Crippen LogP contribution in [0.25, 0.3) is 5.65 Å². The SMILES string of the molecule is C=CC(=O)Nc1ccc(C(=O)Nc2cccc(Nc3c(F)c(SC4CCN(C(=O)OCc5ccc(NC(=O)[C@H](C)NC(=O)[C@@H](NC(=O)c6ccc(C(=O)ON7C(=O)CCC7=O)cc6)C(C)C)cc5)CC4)nc4c(C(C)C)cnn34)c2)cc1. The van der Waals surface area contributed by atoms with Gasteiger partial charge in [-0.3, -0.25) is 33.6 Å². The summed E-state index contributed by atoms with van der Waals surface area (Å²) in [5.74, 6) is -5.69. The van der Waals surface area contributed by atoms with Gasteiger partial charge in [-0.2, -0.15) is 14.0 Å². The van der Waals surface area contributed by atoms with Crippen molar-refractivity contribution < 1.29 is 57.1 Å². The molecule has 2 atom stereocenters. The molecule has 4 heterocycles. The molecule has 2 aliphatic heterocycles. The maximum absolute atomic E-state index is 16.7. The quantitative estimate of drug-likeness (QED) is 0.0239. The summed E-state index contributed by atoms with van der Waals surface area (Å²) in [6, 6.07) is 22.9. The third-order valence-corrected chi connectivity index (χ3v) is 14.6. The van der Waals surface area contributed by atoms with Crippen LogP contribution in [0, 0.1) is 11.7 Å². The Balaban J connectivity index is 0.795. The topological polar surface area (TPSA) is 281 Å². The third kappa shape index (κ3) is 14.5. The zero-order valence-corrected chi connectivity index (χ0v) is 46.3. The average molecular weight is 1140 g/mol. The van der Waals surface area contributed by atoms with Gasteiger partial charge in [0.25, 0.3) is 23.6 Å². The minimum atomic E-state index is -1.05. The largest absolute Gasteiger partial charge is 0.445 e. The van der Waals surface area contributed by atoms with Gasteiger partial charge in [0, 0.05) is 70.6 Å². The standard InChI is InChI=1S/C58H60FN11O11S/c1-7-45(71)62-39-21-17-37(18-22-39)53(75)65-42-10-8-9-41(29-42)63-51-48(59)56(67-50-44(32(2)3)30-60-69(50)51)82-43-25-27-68(28-26-43)58(79)80-31-35-11-19-40(20-12-35)64-52(74)34(6)61-55(77)49(33(4)5)66-54(76)36-13-15-38(16-14-36)57(78)81-70-46(72)23-24-47(70)73/h7-22,29-30,32-34,43,49,63H,1,23-28,31H2,2-6H3,(H,61,77)(H,62,71)(H,64,74)(H,65,75)(H,66,76)/t34-,49-/m0/s1. The maximum atomic E-state index is 16.7. The lowest BCUT2D eigenvalue weighted by atomic mass is 10.0. The van der Waals surface area contributed by atoms with Crippen molar-refractivity contribution in [2.45, 2.75) is 95.2 Å². The molecule has 4 aromatic carbocycles. The number of anilines is 5. The summed E-state index contributed by atoms with van der Waals surface area (Å²) >= 11 is 1.29. The number of fused-ring (bicyclic) bond motifs is 1. The van der Waals surface area contributed by atoms with Crippen molar-refractivity contribution in [2.75, 3.05) is 34.4 Å². The lowest BCUT2D eigenvalue weighted by Gasteiger charge is -2.31. The minimum Gasteiger partial charge on any atom is -0.445 e. The van der Waals surface area contributed by atoms with Gasteiger partial charge in [-0.05, 0) is 122 Å². The van der Waals surface area contributed by atoms with E-state index in [1.807, 2.05) is 13.8 Å². The third-order valence-electron chi connectivity index (χ3n) is 13.3. The van der Waals surface area contributed by atoms with E-state index in [0.29, 0.717) is 70.5 Å². The Morgan fingerprint density at radius 3 is 2.00 bits per heavy atom. The number of benzene rings is 4. The molecule has 2 aliphatic rings. The number of piperidine rings is 1. The van der Waals surface area contributed by atoms with E-state index in [4.69, 9.17) is 14.6 Å². The number of carbonyl (C=O) groups excluding carboxylic acids is 9. The van der Waals surface area contributed by atoms with Crippen LogP contribution in [0.3, 0.4) is 0 Å². The van der Waals surface area contributed by atoms with Crippen LogP contribution in [0.1, 0.15) is 108 Å². The number of imide groups is 1. The first-order chi connectivity index (χ1) is 39.2. The monoisotopic (exact) mass is 1140 g/mol. The Kier molecular flexibility index (Phi) is 18.8. The van der Waals surface area contributed by atoms with Crippen molar-refractivity contribution in [1.82, 2.24) is 35.2 Å². The van der Waals surface area contributed by atoms with Gasteiger partial charge >= 0.3 is 12.1 Å². The second-order valence-corrected chi connectivity index (χ2v) is 21.3. The molecular weight excluding hydrogens is 1080 g/mol. The van der Waals surface area contributed by atoms with Gasteiger partial charge in [-0.15, -0.1) is 5.06 Å². The molecule has 2 saturated heterocycles. The van der Waals surface area contributed by atoms with Crippen molar-refractivity contribution in [1.29, 1.82) is 0 Å². The number of amides is 8. The first-order valence-electron chi connectivity index (χ1n) is 26.3. The Bertz CT molecular complexity index is 3420. The Hall–Kier alpha value is -9.45. The number of rotatable bonds is 20. The Labute approximate surface area is 474 Å². The molecule has 426 valence electrons. The van der Waals surface area contributed by atoms with Crippen molar-refractivity contribution in [3.8, 4) is 0 Å². The van der Waals surface area contributed by atoms with Crippen LogP contribution in [0.15, 0.2) is 121 Å². The second-order valence-electron chi connectivity index (χ2n) is 20.0. The molecule has 0 saturated carbocycles. The number of likely N-dealkylation sites (tertiary alicyclic amines) is 1. The van der Waals surface area contributed by atoms with E-state index >= 15 is 4.39 Å². The fourth-order valence-corrected chi connectivity index (χ4v) is 9.74. The number of hydrogen-bond acceptors (Lipinski definition) is 15. The summed E-state index contributed by atoms with van der Waals surface area (Å²) in [4.78, 5) is 125. The molecular formula is C58H60FN11O11S. The number of carbonyl (C=O) groups is 9.